The molecule has 0 aromatic heterocycles. The first-order valence-electron chi connectivity index (χ1n) is 7.66. The molecule has 3 heterocycles. The topological polar surface area (TPSA) is 104 Å². The van der Waals surface area contributed by atoms with Crippen LogP contribution >= 0.6 is 11.6 Å². The third kappa shape index (κ3) is 1.91. The van der Waals surface area contributed by atoms with Gasteiger partial charge in [0.15, 0.2) is 0 Å². The fourth-order valence-electron chi connectivity index (χ4n) is 4.11. The molecule has 0 radical (unpaired) electrons. The summed E-state index contributed by atoms with van der Waals surface area (Å²) < 4.78 is 5.83. The van der Waals surface area contributed by atoms with Crippen LogP contribution in [-0.4, -0.2) is 45.8 Å². The predicted molar refractivity (Wildman–Crippen MR) is 86.3 cm³/mol. The van der Waals surface area contributed by atoms with Crippen LogP contribution in [0.25, 0.3) is 0 Å². The van der Waals surface area contributed by atoms with Crippen molar-refractivity contribution in [2.45, 2.75) is 18.1 Å². The number of ether oxygens (including phenoxy) is 1. The number of halogens is 1. The lowest BCUT2D eigenvalue weighted by Crippen LogP contribution is -2.43. The molecule has 3 aliphatic rings. The number of benzene rings is 1. The maximum Gasteiger partial charge on any atom is 0.337 e. The fraction of sp³-hybridized carbons (Fsp3) is 0.353. The summed E-state index contributed by atoms with van der Waals surface area (Å²) in [4.78, 5) is 38.1. The SMILES string of the molecule is C[C@@]12C=C[C@@](CO)(O1)[C@H]1C(=O)N(c3ccc(Cl)c(C(=O)O)c3)C(=O)[C@H]12. The number of amides is 2. The molecule has 2 amide bonds. The molecule has 7 nitrogen and oxygen atoms in total. The van der Waals surface area contributed by atoms with Crippen LogP contribution in [-0.2, 0) is 14.3 Å². The van der Waals surface area contributed by atoms with Crippen LogP contribution in [0.2, 0.25) is 5.02 Å². The van der Waals surface area contributed by atoms with Gasteiger partial charge in [-0.25, -0.2) is 9.69 Å². The van der Waals surface area contributed by atoms with Crippen molar-refractivity contribution in [1.29, 1.82) is 0 Å². The monoisotopic (exact) mass is 363 g/mol. The second-order valence-electron chi connectivity index (χ2n) is 6.67. The molecule has 8 heteroatoms. The number of nitrogens with zero attached hydrogens (tertiary/aromatic N) is 1. The first-order chi connectivity index (χ1) is 11.7. The van der Waals surface area contributed by atoms with Crippen molar-refractivity contribution >= 4 is 35.1 Å². The fourth-order valence-corrected chi connectivity index (χ4v) is 4.31. The molecule has 0 aliphatic carbocycles. The van der Waals surface area contributed by atoms with E-state index in [2.05, 4.69) is 0 Å². The van der Waals surface area contributed by atoms with Gasteiger partial charge in [0.05, 0.1) is 40.3 Å². The molecule has 25 heavy (non-hydrogen) atoms. The van der Waals surface area contributed by atoms with E-state index in [-0.39, 0.29) is 16.3 Å². The van der Waals surface area contributed by atoms with Gasteiger partial charge in [0.2, 0.25) is 11.8 Å². The first-order valence-corrected chi connectivity index (χ1v) is 8.04. The zero-order valence-electron chi connectivity index (χ0n) is 13.1. The third-order valence-electron chi connectivity index (χ3n) is 5.24. The van der Waals surface area contributed by atoms with Gasteiger partial charge in [-0.15, -0.1) is 0 Å². The Morgan fingerprint density at radius 1 is 1.28 bits per heavy atom. The number of rotatable bonds is 3. The van der Waals surface area contributed by atoms with E-state index >= 15 is 0 Å². The molecule has 3 aliphatic heterocycles. The number of hydrogen-bond donors (Lipinski definition) is 2. The molecule has 4 atom stereocenters. The van der Waals surface area contributed by atoms with Gasteiger partial charge >= 0.3 is 5.97 Å². The summed E-state index contributed by atoms with van der Waals surface area (Å²) >= 11 is 5.86. The Kier molecular flexibility index (Phi) is 3.19. The largest absolute Gasteiger partial charge is 0.478 e. The van der Waals surface area contributed by atoms with Crippen molar-refractivity contribution in [1.82, 2.24) is 0 Å². The van der Waals surface area contributed by atoms with Crippen molar-refractivity contribution in [2.24, 2.45) is 11.8 Å². The quantitative estimate of drug-likeness (QED) is 0.618. The maximum absolute atomic E-state index is 13.0. The van der Waals surface area contributed by atoms with Crippen LogP contribution in [0.15, 0.2) is 30.4 Å². The molecule has 1 aromatic rings. The van der Waals surface area contributed by atoms with Crippen molar-refractivity contribution in [3.63, 3.8) is 0 Å². The van der Waals surface area contributed by atoms with E-state index in [4.69, 9.17) is 16.3 Å². The lowest BCUT2D eigenvalue weighted by Gasteiger charge is -2.27. The summed E-state index contributed by atoms with van der Waals surface area (Å²) in [6, 6.07) is 3.96. The summed E-state index contributed by atoms with van der Waals surface area (Å²) in [6.45, 7) is 1.28. The van der Waals surface area contributed by atoms with Crippen molar-refractivity contribution in [2.75, 3.05) is 11.5 Å². The number of carboxylic acids is 1. The van der Waals surface area contributed by atoms with Crippen LogP contribution in [0.5, 0.6) is 0 Å². The minimum Gasteiger partial charge on any atom is -0.478 e. The molecule has 1 aromatic carbocycles. The maximum atomic E-state index is 13.0. The summed E-state index contributed by atoms with van der Waals surface area (Å²) in [6.07, 6.45) is 3.33. The zero-order valence-corrected chi connectivity index (χ0v) is 13.9. The first kappa shape index (κ1) is 16.3. The van der Waals surface area contributed by atoms with E-state index in [9.17, 15) is 24.6 Å². The normalized spacial score (nSPS) is 35.6. The molecule has 130 valence electrons. The highest BCUT2D eigenvalue weighted by atomic mass is 35.5. The van der Waals surface area contributed by atoms with Gasteiger partial charge in [-0.3, -0.25) is 9.59 Å². The molecule has 2 bridgehead atoms. The van der Waals surface area contributed by atoms with Crippen LogP contribution in [0.3, 0.4) is 0 Å². The smallest absolute Gasteiger partial charge is 0.337 e. The second kappa shape index (κ2) is 4.91. The van der Waals surface area contributed by atoms with E-state index in [0.717, 1.165) is 4.90 Å². The Bertz CT molecular complexity index is 867. The number of fused-ring (bicyclic) bond motifs is 5. The molecule has 4 rings (SSSR count). The van der Waals surface area contributed by atoms with Gasteiger partial charge in [0.25, 0.3) is 0 Å². The minimum absolute atomic E-state index is 0.0133. The van der Waals surface area contributed by atoms with Crippen LogP contribution < -0.4 is 4.90 Å². The Labute approximate surface area is 147 Å². The van der Waals surface area contributed by atoms with Gasteiger partial charge in [0, 0.05) is 0 Å². The predicted octanol–water partition coefficient (Wildman–Crippen LogP) is 1.23. The summed E-state index contributed by atoms with van der Waals surface area (Å²) in [5.41, 5.74) is -2.25. The third-order valence-corrected chi connectivity index (χ3v) is 5.57. The highest BCUT2D eigenvalue weighted by Gasteiger charge is 2.72. The Morgan fingerprint density at radius 3 is 2.60 bits per heavy atom. The van der Waals surface area contributed by atoms with E-state index < -0.39 is 47.4 Å². The molecular weight excluding hydrogens is 350 g/mol. The van der Waals surface area contributed by atoms with Gasteiger partial charge in [-0.05, 0) is 25.1 Å². The number of anilines is 1. The number of aromatic carboxylic acids is 1. The highest BCUT2D eigenvalue weighted by Crippen LogP contribution is 2.57. The lowest BCUT2D eigenvalue weighted by atomic mass is 9.73. The highest BCUT2D eigenvalue weighted by molar-refractivity contribution is 6.34. The lowest BCUT2D eigenvalue weighted by molar-refractivity contribution is -0.131. The van der Waals surface area contributed by atoms with Crippen molar-refractivity contribution < 1.29 is 29.3 Å². The average Bonchev–Trinajstić information content (AvgIpc) is 3.14. The number of carboxylic acid groups (broad SMARTS) is 1. The second-order valence-corrected chi connectivity index (χ2v) is 7.08. The average molecular weight is 364 g/mol. The van der Waals surface area contributed by atoms with E-state index in [1.54, 1.807) is 19.1 Å². The number of carbonyl (C=O) groups is 3. The Morgan fingerprint density at radius 2 is 1.96 bits per heavy atom. The van der Waals surface area contributed by atoms with Gasteiger partial charge in [-0.2, -0.15) is 0 Å². The van der Waals surface area contributed by atoms with Gasteiger partial charge in [0.1, 0.15) is 5.60 Å². The summed E-state index contributed by atoms with van der Waals surface area (Å²) in [7, 11) is 0. The zero-order chi connectivity index (χ0) is 18.1. The number of aliphatic hydroxyl groups excluding tert-OH is 1. The van der Waals surface area contributed by atoms with E-state index in [1.165, 1.54) is 18.2 Å². The number of hydrogen-bond acceptors (Lipinski definition) is 5. The van der Waals surface area contributed by atoms with Crippen molar-refractivity contribution in [3.05, 3.63) is 40.9 Å². The van der Waals surface area contributed by atoms with Crippen LogP contribution in [0, 0.1) is 11.8 Å². The standard InChI is InChI=1S/C17H14ClNO6/c1-16-4-5-17(7-20,25-16)12-11(16)13(21)19(14(12)22)8-2-3-10(18)9(6-8)15(23)24/h2-6,11-12,20H,7H2,1H3,(H,23,24)/t11-,12+,16-,17-/m0/s1. The van der Waals surface area contributed by atoms with Crippen molar-refractivity contribution in [3.8, 4) is 0 Å². The minimum atomic E-state index is -1.25. The molecule has 2 N–H and O–H groups in total. The Balaban J connectivity index is 1.81. The number of imide groups is 1. The van der Waals surface area contributed by atoms with Crippen LogP contribution in [0.1, 0.15) is 17.3 Å². The molecular formula is C17H14ClNO6. The molecule has 2 fully saturated rings. The molecule has 0 spiro atoms. The summed E-state index contributed by atoms with van der Waals surface area (Å²) in [5, 5.41) is 19.0. The summed E-state index contributed by atoms with van der Waals surface area (Å²) in [5.74, 6) is -3.85. The molecule has 0 saturated carbocycles. The van der Waals surface area contributed by atoms with E-state index in [0.29, 0.717) is 0 Å². The van der Waals surface area contributed by atoms with Gasteiger partial charge in [-0.1, -0.05) is 23.8 Å². The number of carbonyl (C=O) groups excluding carboxylic acids is 2. The van der Waals surface area contributed by atoms with E-state index in [1.807, 2.05) is 0 Å². The Hall–Kier alpha value is -2.22. The van der Waals surface area contributed by atoms with Gasteiger partial charge < -0.3 is 14.9 Å². The molecule has 2 saturated heterocycles. The van der Waals surface area contributed by atoms with Crippen LogP contribution in [0.4, 0.5) is 5.69 Å². The molecule has 0 unspecified atom stereocenters. The number of aliphatic hydroxyl groups is 1.